The van der Waals surface area contributed by atoms with E-state index in [1.54, 1.807) is 0 Å². The Hall–Kier alpha value is -0.990. The van der Waals surface area contributed by atoms with E-state index in [0.717, 1.165) is 5.92 Å². The van der Waals surface area contributed by atoms with Crippen molar-refractivity contribution < 1.29 is 15.0 Å². The van der Waals surface area contributed by atoms with E-state index in [1.165, 1.54) is 32.1 Å². The summed E-state index contributed by atoms with van der Waals surface area (Å²) in [7, 11) is 0. The fourth-order valence-corrected chi connectivity index (χ4v) is 1.61. The summed E-state index contributed by atoms with van der Waals surface area (Å²) in [6.45, 7) is 6.97. The number of carbonyl (C=O) groups is 1. The molecule has 0 heterocycles. The third kappa shape index (κ3) is 8.33. The second kappa shape index (κ2) is 7.31. The number of hydrogen-bond donors (Lipinski definition) is 2. The van der Waals surface area contributed by atoms with Crippen molar-refractivity contribution in [3.05, 3.63) is 12.2 Å². The van der Waals surface area contributed by atoms with Crippen LogP contribution in [-0.4, -0.2) is 16.4 Å². The molecule has 0 bridgehead atoms. The van der Waals surface area contributed by atoms with Crippen LogP contribution in [0.2, 0.25) is 0 Å². The van der Waals surface area contributed by atoms with Crippen LogP contribution in [0.25, 0.3) is 0 Å². The van der Waals surface area contributed by atoms with Crippen molar-refractivity contribution in [1.29, 1.82) is 0 Å². The van der Waals surface area contributed by atoms with Gasteiger partial charge < -0.3 is 10.2 Å². The predicted octanol–water partition coefficient (Wildman–Crippen LogP) is 4.39. The fraction of sp³-hybridized carbons (Fsp3) is 0.769. The largest absolute Gasteiger partial charge is 0.503 e. The molecule has 1 rings (SSSR count). The Morgan fingerprint density at radius 3 is 2.25 bits per heavy atom. The average molecular weight is 228 g/mol. The highest BCUT2D eigenvalue weighted by atomic mass is 16.6. The van der Waals surface area contributed by atoms with E-state index in [2.05, 4.69) is 32.9 Å². The van der Waals surface area contributed by atoms with Crippen LogP contribution in [0.4, 0.5) is 4.79 Å². The fourth-order valence-electron chi connectivity index (χ4n) is 1.61. The molecule has 1 aliphatic carbocycles. The molecule has 16 heavy (non-hydrogen) atoms. The number of rotatable bonds is 5. The predicted molar refractivity (Wildman–Crippen MR) is 65.8 cm³/mol. The minimum absolute atomic E-state index is 0.626. The van der Waals surface area contributed by atoms with Crippen LogP contribution in [-0.2, 0) is 0 Å². The Morgan fingerprint density at radius 1 is 1.38 bits per heavy atom. The zero-order chi connectivity index (χ0) is 12.6. The van der Waals surface area contributed by atoms with Crippen LogP contribution in [0.15, 0.2) is 12.2 Å². The molecule has 3 heteroatoms. The van der Waals surface area contributed by atoms with Crippen molar-refractivity contribution in [3.63, 3.8) is 0 Å². The lowest BCUT2D eigenvalue weighted by Gasteiger charge is -1.96. The van der Waals surface area contributed by atoms with Crippen LogP contribution < -0.4 is 0 Å². The van der Waals surface area contributed by atoms with Crippen LogP contribution in [0.1, 0.15) is 52.9 Å². The Bertz CT molecular complexity index is 227. The lowest BCUT2D eigenvalue weighted by molar-refractivity contribution is 0.137. The monoisotopic (exact) mass is 228 g/mol. The maximum absolute atomic E-state index is 8.56. The van der Waals surface area contributed by atoms with Crippen LogP contribution in [0, 0.1) is 11.3 Å². The third-order valence-electron chi connectivity index (χ3n) is 2.93. The van der Waals surface area contributed by atoms with E-state index in [1.807, 2.05) is 0 Å². The van der Waals surface area contributed by atoms with Crippen molar-refractivity contribution in [1.82, 2.24) is 0 Å². The van der Waals surface area contributed by atoms with Gasteiger partial charge in [0.15, 0.2) is 0 Å². The number of carboxylic acid groups (broad SMARTS) is 2. The lowest BCUT2D eigenvalue weighted by Crippen LogP contribution is -1.85. The molecule has 94 valence electrons. The molecular weight excluding hydrogens is 204 g/mol. The van der Waals surface area contributed by atoms with E-state index in [4.69, 9.17) is 15.0 Å². The normalized spacial score (nSPS) is 21.3. The third-order valence-corrected chi connectivity index (χ3v) is 2.93. The number of unbranched alkanes of at least 4 members (excludes halogenated alkanes) is 3. The van der Waals surface area contributed by atoms with Gasteiger partial charge in [0.2, 0.25) is 0 Å². The van der Waals surface area contributed by atoms with E-state index < -0.39 is 6.16 Å². The van der Waals surface area contributed by atoms with Crippen LogP contribution >= 0.6 is 0 Å². The molecule has 0 aliphatic heterocycles. The second-order valence-corrected chi connectivity index (χ2v) is 5.01. The van der Waals surface area contributed by atoms with Gasteiger partial charge in [-0.25, -0.2) is 4.79 Å². The number of hydrogen-bond acceptors (Lipinski definition) is 1. The summed E-state index contributed by atoms with van der Waals surface area (Å²) in [6.07, 6.45) is 9.77. The summed E-state index contributed by atoms with van der Waals surface area (Å²) in [4.78, 5) is 8.56. The first-order valence-electron chi connectivity index (χ1n) is 5.98. The molecule has 1 fully saturated rings. The summed E-state index contributed by atoms with van der Waals surface area (Å²) in [5.74, 6) is 0.888. The first-order valence-corrected chi connectivity index (χ1v) is 5.98. The van der Waals surface area contributed by atoms with Gasteiger partial charge in [-0.15, -0.1) is 0 Å². The Kier molecular flexibility index (Phi) is 6.86. The Morgan fingerprint density at radius 2 is 1.88 bits per heavy atom. The second-order valence-electron chi connectivity index (χ2n) is 5.01. The molecular formula is C13H24O3. The van der Waals surface area contributed by atoms with Crippen molar-refractivity contribution in [2.45, 2.75) is 52.9 Å². The van der Waals surface area contributed by atoms with E-state index in [-0.39, 0.29) is 0 Å². The SMILES string of the molecule is CCCCCC=CC1CC1(C)C.O=C(O)O. The van der Waals surface area contributed by atoms with Crippen molar-refractivity contribution in [2.24, 2.45) is 11.3 Å². The average Bonchev–Trinajstić information content (AvgIpc) is 2.73. The van der Waals surface area contributed by atoms with Gasteiger partial charge in [0.05, 0.1) is 0 Å². The summed E-state index contributed by atoms with van der Waals surface area (Å²) >= 11 is 0. The maximum Gasteiger partial charge on any atom is 0.503 e. The first kappa shape index (κ1) is 15.0. The Labute approximate surface area is 98.2 Å². The molecule has 0 aromatic carbocycles. The van der Waals surface area contributed by atoms with Crippen molar-refractivity contribution >= 4 is 6.16 Å². The minimum Gasteiger partial charge on any atom is -0.450 e. The first-order chi connectivity index (χ1) is 7.40. The topological polar surface area (TPSA) is 57.5 Å². The summed E-state index contributed by atoms with van der Waals surface area (Å²) < 4.78 is 0. The lowest BCUT2D eigenvalue weighted by atomic mass is 10.1. The quantitative estimate of drug-likeness (QED) is 0.542. The van der Waals surface area contributed by atoms with Gasteiger partial charge in [0.1, 0.15) is 0 Å². The van der Waals surface area contributed by atoms with Crippen LogP contribution in [0.5, 0.6) is 0 Å². The highest BCUT2D eigenvalue weighted by Crippen LogP contribution is 2.52. The molecule has 0 amide bonds. The molecule has 0 aromatic rings. The van der Waals surface area contributed by atoms with E-state index >= 15 is 0 Å². The van der Waals surface area contributed by atoms with Gasteiger partial charge in [-0.05, 0) is 30.6 Å². The molecule has 0 aromatic heterocycles. The summed E-state index contributed by atoms with van der Waals surface area (Å²) in [5.41, 5.74) is 0.626. The van der Waals surface area contributed by atoms with Crippen molar-refractivity contribution in [2.75, 3.05) is 0 Å². The zero-order valence-electron chi connectivity index (χ0n) is 10.6. The van der Waals surface area contributed by atoms with Gasteiger partial charge >= 0.3 is 6.16 Å². The smallest absolute Gasteiger partial charge is 0.450 e. The van der Waals surface area contributed by atoms with Gasteiger partial charge in [0, 0.05) is 0 Å². The molecule has 1 atom stereocenters. The molecule has 0 saturated heterocycles. The summed E-state index contributed by atoms with van der Waals surface area (Å²) in [5, 5.41) is 13.9. The zero-order valence-corrected chi connectivity index (χ0v) is 10.6. The molecule has 2 N–H and O–H groups in total. The van der Waals surface area contributed by atoms with Gasteiger partial charge in [-0.2, -0.15) is 0 Å². The maximum atomic E-state index is 8.56. The molecule has 1 aliphatic rings. The molecule has 0 radical (unpaired) electrons. The minimum atomic E-state index is -1.83. The standard InChI is InChI=1S/C12H22.CH2O3/c1-4-5-6-7-8-9-11-10-12(11,2)3;2-1(3)4/h8-9,11H,4-7,10H2,1-3H3;(H2,2,3,4). The number of allylic oxidation sites excluding steroid dienone is 2. The van der Waals surface area contributed by atoms with Crippen LogP contribution in [0.3, 0.4) is 0 Å². The molecule has 3 nitrogen and oxygen atoms in total. The highest BCUT2D eigenvalue weighted by molar-refractivity contribution is 5.53. The van der Waals surface area contributed by atoms with E-state index in [0.29, 0.717) is 5.41 Å². The van der Waals surface area contributed by atoms with E-state index in [9.17, 15) is 0 Å². The van der Waals surface area contributed by atoms with Gasteiger partial charge in [-0.1, -0.05) is 45.8 Å². The van der Waals surface area contributed by atoms with Gasteiger partial charge in [0.25, 0.3) is 0 Å². The Balaban J connectivity index is 0.000000487. The highest BCUT2D eigenvalue weighted by Gasteiger charge is 2.43. The molecule has 1 unspecified atom stereocenters. The van der Waals surface area contributed by atoms with Crippen molar-refractivity contribution in [3.8, 4) is 0 Å². The van der Waals surface area contributed by atoms with Gasteiger partial charge in [-0.3, -0.25) is 0 Å². The molecule has 1 saturated carbocycles. The summed E-state index contributed by atoms with van der Waals surface area (Å²) in [6, 6.07) is 0. The molecule has 0 spiro atoms.